The van der Waals surface area contributed by atoms with E-state index < -0.39 is 23.3 Å². The van der Waals surface area contributed by atoms with E-state index in [-0.39, 0.29) is 12.5 Å². The second-order valence-corrected chi connectivity index (χ2v) is 11.5. The normalized spacial score (nSPS) is 16.1. The van der Waals surface area contributed by atoms with Crippen LogP contribution < -0.4 is 5.32 Å². The number of rotatable bonds is 7. The highest BCUT2D eigenvalue weighted by atomic mass is 16.6. The first kappa shape index (κ1) is 28.2. The first-order valence-electron chi connectivity index (χ1n) is 13.2. The van der Waals surface area contributed by atoms with Crippen molar-refractivity contribution in [3.8, 4) is 0 Å². The molecule has 2 aromatic carbocycles. The maximum atomic E-state index is 13.3. The maximum absolute atomic E-state index is 13.3. The van der Waals surface area contributed by atoms with Gasteiger partial charge in [0, 0.05) is 36.9 Å². The molecule has 2 heterocycles. The van der Waals surface area contributed by atoms with Gasteiger partial charge in [0.1, 0.15) is 5.60 Å². The number of hydrogen-bond donors (Lipinski definition) is 3. The SMILES string of the molecule is CC(C)(C)OC(=O)NCc1cccc(C2CCN(C(=O)c3ccc4ccn(CC(C)(O)C(=O)O)c4c3)CC2)c1. The number of carbonyl (C=O) groups is 3. The van der Waals surface area contributed by atoms with Gasteiger partial charge in [-0.3, -0.25) is 4.79 Å². The summed E-state index contributed by atoms with van der Waals surface area (Å²) in [5.41, 5.74) is 0.955. The lowest BCUT2D eigenvalue weighted by Gasteiger charge is -2.32. The number of ether oxygens (including phenoxy) is 1. The molecule has 1 fully saturated rings. The summed E-state index contributed by atoms with van der Waals surface area (Å²) in [6.45, 7) is 8.24. The predicted octanol–water partition coefficient (Wildman–Crippen LogP) is 4.52. The molecule has 3 N–H and O–H groups in total. The van der Waals surface area contributed by atoms with Crippen molar-refractivity contribution in [2.45, 2.75) is 70.7 Å². The minimum Gasteiger partial charge on any atom is -0.479 e. The summed E-state index contributed by atoms with van der Waals surface area (Å²) in [5, 5.41) is 23.2. The zero-order valence-corrected chi connectivity index (χ0v) is 22.9. The molecule has 0 saturated carbocycles. The number of nitrogens with zero attached hydrogens (tertiary/aromatic N) is 2. The van der Waals surface area contributed by atoms with Crippen LogP contribution in [0.4, 0.5) is 4.79 Å². The number of aliphatic carboxylic acids is 1. The fourth-order valence-corrected chi connectivity index (χ4v) is 4.90. The molecule has 2 amide bonds. The molecule has 1 unspecified atom stereocenters. The molecule has 0 spiro atoms. The van der Waals surface area contributed by atoms with Gasteiger partial charge in [-0.25, -0.2) is 9.59 Å². The van der Waals surface area contributed by atoms with Crippen LogP contribution in [-0.2, 0) is 22.6 Å². The van der Waals surface area contributed by atoms with Crippen molar-refractivity contribution in [2.24, 2.45) is 0 Å². The van der Waals surface area contributed by atoms with E-state index in [0.717, 1.165) is 23.8 Å². The van der Waals surface area contributed by atoms with Crippen molar-refractivity contribution in [2.75, 3.05) is 13.1 Å². The Bertz CT molecular complexity index is 1360. The molecule has 0 aliphatic carbocycles. The van der Waals surface area contributed by atoms with Crippen LogP contribution in [0.1, 0.15) is 67.9 Å². The molecule has 3 aromatic rings. The van der Waals surface area contributed by atoms with Gasteiger partial charge < -0.3 is 29.7 Å². The Morgan fingerprint density at radius 2 is 1.74 bits per heavy atom. The van der Waals surface area contributed by atoms with Gasteiger partial charge >= 0.3 is 12.1 Å². The van der Waals surface area contributed by atoms with E-state index in [1.807, 2.05) is 49.9 Å². The Balaban J connectivity index is 1.38. The summed E-state index contributed by atoms with van der Waals surface area (Å²) in [7, 11) is 0. The van der Waals surface area contributed by atoms with Crippen LogP contribution in [0.15, 0.2) is 54.7 Å². The molecule has 1 saturated heterocycles. The molecule has 1 aliphatic rings. The van der Waals surface area contributed by atoms with Crippen LogP contribution >= 0.6 is 0 Å². The fraction of sp³-hybridized carbons (Fsp3) is 0.433. The molecule has 0 bridgehead atoms. The smallest absolute Gasteiger partial charge is 0.407 e. The van der Waals surface area contributed by atoms with Crippen LogP contribution in [0.2, 0.25) is 0 Å². The van der Waals surface area contributed by atoms with Gasteiger partial charge in [-0.2, -0.15) is 0 Å². The number of likely N-dealkylation sites (tertiary alicyclic amines) is 1. The third kappa shape index (κ3) is 6.97. The average Bonchev–Trinajstić information content (AvgIpc) is 3.27. The van der Waals surface area contributed by atoms with Crippen molar-refractivity contribution in [1.29, 1.82) is 0 Å². The van der Waals surface area contributed by atoms with E-state index in [1.165, 1.54) is 12.5 Å². The Kier molecular flexibility index (Phi) is 8.02. The Hall–Kier alpha value is -3.85. The van der Waals surface area contributed by atoms with Crippen molar-refractivity contribution in [3.05, 3.63) is 71.4 Å². The maximum Gasteiger partial charge on any atom is 0.407 e. The first-order valence-corrected chi connectivity index (χ1v) is 13.2. The molecule has 9 heteroatoms. The van der Waals surface area contributed by atoms with Crippen LogP contribution in [0, 0.1) is 0 Å². The number of carboxylic acids is 1. The molecule has 4 rings (SSSR count). The lowest BCUT2D eigenvalue weighted by atomic mass is 9.88. The number of hydrogen-bond acceptors (Lipinski definition) is 5. The minimum atomic E-state index is -1.92. The number of amides is 2. The summed E-state index contributed by atoms with van der Waals surface area (Å²) >= 11 is 0. The van der Waals surface area contributed by atoms with E-state index in [9.17, 15) is 24.6 Å². The highest BCUT2D eigenvalue weighted by Crippen LogP contribution is 2.30. The van der Waals surface area contributed by atoms with Crippen molar-refractivity contribution in [3.63, 3.8) is 0 Å². The summed E-state index contributed by atoms with van der Waals surface area (Å²) in [6.07, 6.45) is 2.93. The average molecular weight is 536 g/mol. The minimum absolute atomic E-state index is 0.0663. The van der Waals surface area contributed by atoms with Gasteiger partial charge in [-0.1, -0.05) is 30.3 Å². The zero-order valence-electron chi connectivity index (χ0n) is 22.9. The number of piperidine rings is 1. The standard InChI is InChI=1S/C30H37N3O6/c1-29(2,3)39-28(37)31-18-20-6-5-7-23(16-20)21-10-13-32(14-11-21)26(34)24-9-8-22-12-15-33(25(22)17-24)19-30(4,38)27(35)36/h5-9,12,15-17,21,38H,10-11,13-14,18-19H2,1-4H3,(H,31,37)(H,35,36). The summed E-state index contributed by atoms with van der Waals surface area (Å²) in [6, 6.07) is 15.4. The largest absolute Gasteiger partial charge is 0.479 e. The summed E-state index contributed by atoms with van der Waals surface area (Å²) in [4.78, 5) is 38.6. The molecule has 1 aromatic heterocycles. The van der Waals surface area contributed by atoms with Gasteiger partial charge in [0.05, 0.1) is 6.54 Å². The molecular weight excluding hydrogens is 498 g/mol. The van der Waals surface area contributed by atoms with Gasteiger partial charge in [-0.05, 0) is 81.2 Å². The number of nitrogens with one attached hydrogen (secondary N) is 1. The number of carbonyl (C=O) groups excluding carboxylic acids is 2. The molecule has 1 aliphatic heterocycles. The predicted molar refractivity (Wildman–Crippen MR) is 148 cm³/mol. The van der Waals surface area contributed by atoms with E-state index in [2.05, 4.69) is 17.4 Å². The van der Waals surface area contributed by atoms with Gasteiger partial charge in [0.2, 0.25) is 0 Å². The number of benzene rings is 2. The third-order valence-electron chi connectivity index (χ3n) is 7.00. The Morgan fingerprint density at radius 3 is 2.41 bits per heavy atom. The van der Waals surface area contributed by atoms with Gasteiger partial charge in [0.25, 0.3) is 5.91 Å². The fourth-order valence-electron chi connectivity index (χ4n) is 4.90. The Morgan fingerprint density at radius 1 is 1.03 bits per heavy atom. The van der Waals surface area contributed by atoms with E-state index in [1.54, 1.807) is 22.9 Å². The first-order chi connectivity index (χ1) is 18.3. The molecular formula is C30H37N3O6. The van der Waals surface area contributed by atoms with Crippen molar-refractivity contribution >= 4 is 28.9 Å². The molecule has 1 atom stereocenters. The van der Waals surface area contributed by atoms with Gasteiger partial charge in [-0.15, -0.1) is 0 Å². The van der Waals surface area contributed by atoms with E-state index in [0.29, 0.717) is 36.6 Å². The van der Waals surface area contributed by atoms with Crippen LogP contribution in [0.5, 0.6) is 0 Å². The third-order valence-corrected chi connectivity index (χ3v) is 7.00. The summed E-state index contributed by atoms with van der Waals surface area (Å²) < 4.78 is 6.97. The van der Waals surface area contributed by atoms with Crippen LogP contribution in [-0.4, -0.2) is 61.9 Å². The number of alkyl carbamates (subject to hydrolysis) is 1. The number of aromatic nitrogens is 1. The highest BCUT2D eigenvalue weighted by Gasteiger charge is 2.31. The molecule has 39 heavy (non-hydrogen) atoms. The highest BCUT2D eigenvalue weighted by molar-refractivity contribution is 5.98. The van der Waals surface area contributed by atoms with Crippen molar-refractivity contribution in [1.82, 2.24) is 14.8 Å². The molecule has 9 nitrogen and oxygen atoms in total. The van der Waals surface area contributed by atoms with E-state index >= 15 is 0 Å². The number of fused-ring (bicyclic) bond motifs is 1. The quantitative estimate of drug-likeness (QED) is 0.409. The van der Waals surface area contributed by atoms with Crippen molar-refractivity contribution < 1.29 is 29.3 Å². The lowest BCUT2D eigenvalue weighted by Crippen LogP contribution is -2.39. The van der Waals surface area contributed by atoms with Gasteiger partial charge in [0.15, 0.2) is 5.60 Å². The number of aliphatic hydroxyl groups is 1. The summed E-state index contributed by atoms with van der Waals surface area (Å²) in [5.74, 6) is -1.05. The number of carboxylic acid groups (broad SMARTS) is 1. The second-order valence-electron chi connectivity index (χ2n) is 11.5. The lowest BCUT2D eigenvalue weighted by molar-refractivity contribution is -0.157. The zero-order chi connectivity index (χ0) is 28.4. The monoisotopic (exact) mass is 535 g/mol. The second kappa shape index (κ2) is 11.1. The molecule has 208 valence electrons. The Labute approximate surface area is 228 Å². The van der Waals surface area contributed by atoms with E-state index in [4.69, 9.17) is 4.74 Å². The topological polar surface area (TPSA) is 121 Å². The molecule has 0 radical (unpaired) electrons. The van der Waals surface area contributed by atoms with Crippen LogP contribution in [0.25, 0.3) is 10.9 Å². The van der Waals surface area contributed by atoms with Crippen LogP contribution in [0.3, 0.4) is 0 Å².